The Balaban J connectivity index is 2.42. The first-order valence-electron chi connectivity index (χ1n) is 6.88. The SMILES string of the molecule is COC(=O)N=C(SC)C(=N)c1cc(OC)c2c(c1)OCCCO2. The molecule has 1 aromatic carbocycles. The monoisotopic (exact) mass is 338 g/mol. The fourth-order valence-corrected chi connectivity index (χ4v) is 2.48. The van der Waals surface area contributed by atoms with Gasteiger partial charge in [0.1, 0.15) is 5.04 Å². The largest absolute Gasteiger partial charge is 0.493 e. The Morgan fingerprint density at radius 2 is 2.04 bits per heavy atom. The van der Waals surface area contributed by atoms with Gasteiger partial charge in [0.05, 0.1) is 33.1 Å². The van der Waals surface area contributed by atoms with Crippen LogP contribution in [-0.4, -0.2) is 50.5 Å². The lowest BCUT2D eigenvalue weighted by molar-refractivity contribution is 0.183. The molecule has 7 nitrogen and oxygen atoms in total. The molecule has 0 unspecified atom stereocenters. The van der Waals surface area contributed by atoms with E-state index in [0.29, 0.717) is 36.0 Å². The van der Waals surface area contributed by atoms with Crippen LogP contribution in [-0.2, 0) is 4.74 Å². The third kappa shape index (κ3) is 3.95. The molecule has 0 radical (unpaired) electrons. The summed E-state index contributed by atoms with van der Waals surface area (Å²) in [7, 11) is 2.76. The van der Waals surface area contributed by atoms with Gasteiger partial charge in [-0.05, 0) is 18.4 Å². The molecule has 0 aliphatic carbocycles. The van der Waals surface area contributed by atoms with E-state index in [-0.39, 0.29) is 10.8 Å². The second-order valence-corrected chi connectivity index (χ2v) is 5.32. The molecule has 0 saturated heterocycles. The van der Waals surface area contributed by atoms with Crippen molar-refractivity contribution in [3.05, 3.63) is 17.7 Å². The average molecular weight is 338 g/mol. The second-order valence-electron chi connectivity index (χ2n) is 4.52. The van der Waals surface area contributed by atoms with Crippen LogP contribution in [0.4, 0.5) is 4.79 Å². The quantitative estimate of drug-likeness (QED) is 0.673. The number of ether oxygens (including phenoxy) is 4. The zero-order valence-corrected chi connectivity index (χ0v) is 14.0. The Morgan fingerprint density at radius 3 is 2.70 bits per heavy atom. The van der Waals surface area contributed by atoms with E-state index in [1.165, 1.54) is 26.0 Å². The summed E-state index contributed by atoms with van der Waals surface area (Å²) in [4.78, 5) is 15.1. The summed E-state index contributed by atoms with van der Waals surface area (Å²) in [5.41, 5.74) is 0.597. The van der Waals surface area contributed by atoms with Gasteiger partial charge in [0.25, 0.3) is 0 Å². The third-order valence-electron chi connectivity index (χ3n) is 3.10. The topological polar surface area (TPSA) is 90.2 Å². The van der Waals surface area contributed by atoms with E-state index in [9.17, 15) is 4.79 Å². The van der Waals surface area contributed by atoms with Crippen molar-refractivity contribution >= 4 is 28.6 Å². The molecule has 0 fully saturated rings. The van der Waals surface area contributed by atoms with Crippen LogP contribution in [0.5, 0.6) is 17.2 Å². The summed E-state index contributed by atoms with van der Waals surface area (Å²) in [5.74, 6) is 1.51. The minimum atomic E-state index is -0.750. The van der Waals surface area contributed by atoms with Crippen LogP contribution < -0.4 is 14.2 Å². The standard InChI is InChI=1S/C15H18N2O5S/c1-19-10-7-9(8-11-13(10)22-6-4-5-21-11)12(16)14(23-3)17-15(18)20-2/h7-8,16H,4-6H2,1-3H3. The van der Waals surface area contributed by atoms with Gasteiger partial charge in [0, 0.05) is 12.0 Å². The number of nitrogens with one attached hydrogen (secondary N) is 1. The number of benzene rings is 1. The smallest absolute Gasteiger partial charge is 0.434 e. The Labute approximate surface area is 138 Å². The number of thioether (sulfide) groups is 1. The summed E-state index contributed by atoms with van der Waals surface area (Å²) in [6, 6.07) is 3.35. The van der Waals surface area contributed by atoms with Crippen molar-refractivity contribution in [2.24, 2.45) is 4.99 Å². The Morgan fingerprint density at radius 1 is 1.30 bits per heavy atom. The molecule has 1 amide bonds. The van der Waals surface area contributed by atoms with Crippen molar-refractivity contribution in [1.82, 2.24) is 0 Å². The van der Waals surface area contributed by atoms with Gasteiger partial charge in [-0.3, -0.25) is 5.41 Å². The predicted octanol–water partition coefficient (Wildman–Crippen LogP) is 2.75. The summed E-state index contributed by atoms with van der Waals surface area (Å²) in [5, 5.41) is 8.53. The fourth-order valence-electron chi connectivity index (χ4n) is 1.99. The van der Waals surface area contributed by atoms with Crippen LogP contribution in [0.2, 0.25) is 0 Å². The maximum Gasteiger partial charge on any atom is 0.434 e. The normalized spacial score (nSPS) is 14.0. The van der Waals surface area contributed by atoms with E-state index in [4.69, 9.17) is 19.6 Å². The van der Waals surface area contributed by atoms with Crippen molar-refractivity contribution < 1.29 is 23.7 Å². The molecule has 1 heterocycles. The lowest BCUT2D eigenvalue weighted by Gasteiger charge is -2.14. The molecular formula is C15H18N2O5S. The van der Waals surface area contributed by atoms with Gasteiger partial charge in [-0.15, -0.1) is 11.8 Å². The molecule has 0 atom stereocenters. The highest BCUT2D eigenvalue weighted by Crippen LogP contribution is 2.40. The number of rotatable bonds is 3. The number of hydrogen-bond donors (Lipinski definition) is 1. The number of nitrogens with zero attached hydrogens (tertiary/aromatic N) is 1. The number of carbonyl (C=O) groups excluding carboxylic acids is 1. The van der Waals surface area contributed by atoms with Crippen LogP contribution in [0.15, 0.2) is 17.1 Å². The van der Waals surface area contributed by atoms with E-state index in [1.54, 1.807) is 18.4 Å². The highest BCUT2D eigenvalue weighted by molar-refractivity contribution is 8.15. The Bertz CT molecular complexity index is 645. The average Bonchev–Trinajstić information content (AvgIpc) is 2.83. The molecule has 1 aromatic rings. The molecule has 1 aliphatic heterocycles. The van der Waals surface area contributed by atoms with Gasteiger partial charge < -0.3 is 18.9 Å². The van der Waals surface area contributed by atoms with E-state index in [1.807, 2.05) is 0 Å². The maximum atomic E-state index is 11.3. The fraction of sp³-hybridized carbons (Fsp3) is 0.400. The molecular weight excluding hydrogens is 320 g/mol. The van der Waals surface area contributed by atoms with Gasteiger partial charge in [0.2, 0.25) is 5.75 Å². The van der Waals surface area contributed by atoms with Crippen LogP contribution in [0.3, 0.4) is 0 Å². The summed E-state index contributed by atoms with van der Waals surface area (Å²) in [6.45, 7) is 1.07. The highest BCUT2D eigenvalue weighted by atomic mass is 32.2. The number of fused-ring (bicyclic) bond motifs is 1. The van der Waals surface area contributed by atoms with E-state index >= 15 is 0 Å². The van der Waals surface area contributed by atoms with Crippen molar-refractivity contribution in [3.8, 4) is 17.2 Å². The molecule has 0 saturated carbocycles. The molecule has 23 heavy (non-hydrogen) atoms. The molecule has 0 spiro atoms. The van der Waals surface area contributed by atoms with Crippen molar-refractivity contribution in [2.75, 3.05) is 33.7 Å². The van der Waals surface area contributed by atoms with Gasteiger partial charge in [-0.2, -0.15) is 4.99 Å². The molecule has 0 aromatic heterocycles. The third-order valence-corrected chi connectivity index (χ3v) is 3.78. The van der Waals surface area contributed by atoms with Crippen LogP contribution in [0, 0.1) is 5.41 Å². The number of aliphatic imine (C=N–C) groups is 1. The highest BCUT2D eigenvalue weighted by Gasteiger charge is 2.21. The minimum Gasteiger partial charge on any atom is -0.493 e. The van der Waals surface area contributed by atoms with Crippen molar-refractivity contribution in [2.45, 2.75) is 6.42 Å². The van der Waals surface area contributed by atoms with Gasteiger partial charge >= 0.3 is 6.09 Å². The minimum absolute atomic E-state index is 0.0804. The zero-order chi connectivity index (χ0) is 16.8. The first-order valence-corrected chi connectivity index (χ1v) is 8.10. The van der Waals surface area contributed by atoms with Gasteiger partial charge in [-0.1, -0.05) is 0 Å². The van der Waals surface area contributed by atoms with Gasteiger partial charge in [0.15, 0.2) is 11.5 Å². The Kier molecular flexibility index (Phi) is 5.86. The molecule has 1 N–H and O–H groups in total. The van der Waals surface area contributed by atoms with E-state index in [0.717, 1.165) is 6.42 Å². The number of hydrogen-bond acceptors (Lipinski definition) is 7. The van der Waals surface area contributed by atoms with E-state index < -0.39 is 6.09 Å². The first-order chi connectivity index (χ1) is 11.1. The number of methoxy groups -OCH3 is 2. The van der Waals surface area contributed by atoms with Crippen LogP contribution >= 0.6 is 11.8 Å². The molecule has 2 rings (SSSR count). The van der Waals surface area contributed by atoms with Crippen LogP contribution in [0.1, 0.15) is 12.0 Å². The summed E-state index contributed by atoms with van der Waals surface area (Å²) in [6.07, 6.45) is 1.75. The number of carbonyl (C=O) groups is 1. The summed E-state index contributed by atoms with van der Waals surface area (Å²) < 4.78 is 21.2. The van der Waals surface area contributed by atoms with Crippen molar-refractivity contribution in [3.63, 3.8) is 0 Å². The molecule has 8 heteroatoms. The van der Waals surface area contributed by atoms with E-state index in [2.05, 4.69) is 9.73 Å². The zero-order valence-electron chi connectivity index (χ0n) is 13.2. The van der Waals surface area contributed by atoms with Crippen molar-refractivity contribution in [1.29, 1.82) is 5.41 Å². The first kappa shape index (κ1) is 17.1. The molecule has 1 aliphatic rings. The molecule has 124 valence electrons. The molecule has 0 bridgehead atoms. The van der Waals surface area contributed by atoms with Gasteiger partial charge in [-0.25, -0.2) is 4.79 Å². The Hall–Kier alpha value is -2.22. The van der Waals surface area contributed by atoms with Crippen LogP contribution in [0.25, 0.3) is 0 Å². The predicted molar refractivity (Wildman–Crippen MR) is 88.8 cm³/mol. The number of amides is 1. The summed E-state index contributed by atoms with van der Waals surface area (Å²) >= 11 is 1.18. The lowest BCUT2D eigenvalue weighted by Crippen LogP contribution is -2.13. The second kappa shape index (κ2) is 7.87. The maximum absolute atomic E-state index is 11.3. The lowest BCUT2D eigenvalue weighted by atomic mass is 10.1.